The van der Waals surface area contributed by atoms with Gasteiger partial charge in [-0.25, -0.2) is 8.42 Å². The van der Waals surface area contributed by atoms with Crippen LogP contribution in [0.5, 0.6) is 5.75 Å². The van der Waals surface area contributed by atoms with Crippen LogP contribution in [0.4, 0.5) is 5.69 Å². The largest absolute Gasteiger partial charge is 0.481 e. The van der Waals surface area contributed by atoms with Crippen molar-refractivity contribution in [2.75, 3.05) is 24.2 Å². The maximum Gasteiger partial charge on any atom is 0.260 e. The molecule has 2 aromatic carbocycles. The molecule has 0 aliphatic heterocycles. The van der Waals surface area contributed by atoms with Gasteiger partial charge in [-0.05, 0) is 49.6 Å². The van der Waals surface area contributed by atoms with Gasteiger partial charge >= 0.3 is 0 Å². The number of amides is 1. The standard InChI is InChI=1S/C20H26N2O4S/c1-16(20(23)21-15-7-10-17-8-5-4-6-9-17)26-19-13-11-18(12-14-19)22(2)27(3,24)25/h4-6,8-9,11-14,16H,7,10,15H2,1-3H3,(H,21,23)/t16-/m1/s1. The molecule has 0 aliphatic carbocycles. The van der Waals surface area contributed by atoms with E-state index in [0.717, 1.165) is 19.1 Å². The van der Waals surface area contributed by atoms with E-state index in [1.165, 1.54) is 16.9 Å². The zero-order valence-corrected chi connectivity index (χ0v) is 16.7. The third-order valence-corrected chi connectivity index (χ3v) is 5.37. The zero-order chi connectivity index (χ0) is 19.9. The lowest BCUT2D eigenvalue weighted by molar-refractivity contribution is -0.127. The summed E-state index contributed by atoms with van der Waals surface area (Å²) in [5, 5.41) is 2.87. The minimum absolute atomic E-state index is 0.180. The molecule has 146 valence electrons. The lowest BCUT2D eigenvalue weighted by Crippen LogP contribution is -2.36. The van der Waals surface area contributed by atoms with E-state index < -0.39 is 16.1 Å². The summed E-state index contributed by atoms with van der Waals surface area (Å²) in [4.78, 5) is 12.1. The highest BCUT2D eigenvalue weighted by Gasteiger charge is 2.15. The van der Waals surface area contributed by atoms with Crippen molar-refractivity contribution in [3.05, 3.63) is 60.2 Å². The molecule has 0 heterocycles. The fourth-order valence-corrected chi connectivity index (χ4v) is 2.98. The van der Waals surface area contributed by atoms with Gasteiger partial charge in [0.25, 0.3) is 5.91 Å². The van der Waals surface area contributed by atoms with Crippen molar-refractivity contribution in [1.29, 1.82) is 0 Å². The van der Waals surface area contributed by atoms with Crippen LogP contribution in [0.3, 0.4) is 0 Å². The first-order valence-corrected chi connectivity index (χ1v) is 10.6. The minimum Gasteiger partial charge on any atom is -0.481 e. The third kappa shape index (κ3) is 6.60. The van der Waals surface area contributed by atoms with Gasteiger partial charge in [0.2, 0.25) is 10.0 Å². The predicted octanol–water partition coefficient (Wildman–Crippen LogP) is 2.60. The predicted molar refractivity (Wildman–Crippen MR) is 108 cm³/mol. The molecule has 0 aliphatic rings. The van der Waals surface area contributed by atoms with Crippen molar-refractivity contribution in [2.45, 2.75) is 25.9 Å². The first-order valence-electron chi connectivity index (χ1n) is 8.79. The molecule has 0 bridgehead atoms. The number of carbonyl (C=O) groups is 1. The highest BCUT2D eigenvalue weighted by molar-refractivity contribution is 7.92. The number of nitrogens with zero attached hydrogens (tertiary/aromatic N) is 1. The topological polar surface area (TPSA) is 75.7 Å². The molecule has 2 rings (SSSR count). The number of aryl methyl sites for hydroxylation is 1. The Hall–Kier alpha value is -2.54. The van der Waals surface area contributed by atoms with Gasteiger partial charge in [0.15, 0.2) is 6.10 Å². The minimum atomic E-state index is -3.31. The average Bonchev–Trinajstić information content (AvgIpc) is 2.65. The summed E-state index contributed by atoms with van der Waals surface area (Å²) in [5.41, 5.74) is 1.78. The van der Waals surface area contributed by atoms with Crippen molar-refractivity contribution in [2.24, 2.45) is 0 Å². The van der Waals surface area contributed by atoms with Crippen LogP contribution in [0.2, 0.25) is 0 Å². The summed E-state index contributed by atoms with van der Waals surface area (Å²) in [6.45, 7) is 2.27. The van der Waals surface area contributed by atoms with Gasteiger partial charge < -0.3 is 10.1 Å². The van der Waals surface area contributed by atoms with E-state index in [1.54, 1.807) is 31.2 Å². The Morgan fingerprint density at radius 1 is 1.11 bits per heavy atom. The summed E-state index contributed by atoms with van der Waals surface area (Å²) < 4.78 is 29.9. The Labute approximate surface area is 161 Å². The molecular weight excluding hydrogens is 364 g/mol. The summed E-state index contributed by atoms with van der Waals surface area (Å²) in [6, 6.07) is 16.7. The molecule has 0 saturated heterocycles. The summed E-state index contributed by atoms with van der Waals surface area (Å²) >= 11 is 0. The summed E-state index contributed by atoms with van der Waals surface area (Å²) in [6.07, 6.45) is 2.27. The van der Waals surface area contributed by atoms with E-state index in [9.17, 15) is 13.2 Å². The van der Waals surface area contributed by atoms with Crippen molar-refractivity contribution >= 4 is 21.6 Å². The van der Waals surface area contributed by atoms with E-state index in [-0.39, 0.29) is 5.91 Å². The van der Waals surface area contributed by atoms with Crippen molar-refractivity contribution < 1.29 is 17.9 Å². The molecular formula is C20H26N2O4S. The second-order valence-corrected chi connectivity index (χ2v) is 8.38. The molecule has 1 N–H and O–H groups in total. The molecule has 6 nitrogen and oxygen atoms in total. The number of ether oxygens (including phenoxy) is 1. The quantitative estimate of drug-likeness (QED) is 0.668. The smallest absolute Gasteiger partial charge is 0.260 e. The van der Waals surface area contributed by atoms with E-state index in [0.29, 0.717) is 18.0 Å². The van der Waals surface area contributed by atoms with E-state index >= 15 is 0 Å². The number of benzene rings is 2. The van der Waals surface area contributed by atoms with Crippen LogP contribution in [0.15, 0.2) is 54.6 Å². The second-order valence-electron chi connectivity index (χ2n) is 6.36. The Kier molecular flexibility index (Phi) is 7.24. The molecule has 0 saturated carbocycles. The Morgan fingerprint density at radius 3 is 2.33 bits per heavy atom. The molecule has 2 aromatic rings. The maximum absolute atomic E-state index is 12.1. The lowest BCUT2D eigenvalue weighted by atomic mass is 10.1. The van der Waals surface area contributed by atoms with Crippen LogP contribution in [-0.4, -0.2) is 40.3 Å². The number of nitrogens with one attached hydrogen (secondary N) is 1. The monoisotopic (exact) mass is 390 g/mol. The normalized spacial score (nSPS) is 12.3. The van der Waals surface area contributed by atoms with Crippen molar-refractivity contribution in [1.82, 2.24) is 5.32 Å². The molecule has 0 fully saturated rings. The molecule has 0 radical (unpaired) electrons. The van der Waals surface area contributed by atoms with Gasteiger partial charge in [0.05, 0.1) is 11.9 Å². The Morgan fingerprint density at radius 2 is 1.74 bits per heavy atom. The van der Waals surface area contributed by atoms with E-state index in [4.69, 9.17) is 4.74 Å². The average molecular weight is 391 g/mol. The summed E-state index contributed by atoms with van der Waals surface area (Å²) in [7, 11) is -1.83. The third-order valence-electron chi connectivity index (χ3n) is 4.16. The maximum atomic E-state index is 12.1. The van der Waals surface area contributed by atoms with Gasteiger partial charge in [0, 0.05) is 13.6 Å². The van der Waals surface area contributed by atoms with Crippen LogP contribution in [0.25, 0.3) is 0 Å². The number of rotatable bonds is 9. The van der Waals surface area contributed by atoms with Gasteiger partial charge in [-0.3, -0.25) is 9.10 Å². The van der Waals surface area contributed by atoms with Gasteiger partial charge in [-0.1, -0.05) is 30.3 Å². The fourth-order valence-electron chi connectivity index (χ4n) is 2.48. The van der Waals surface area contributed by atoms with Gasteiger partial charge in [0.1, 0.15) is 5.75 Å². The van der Waals surface area contributed by atoms with Crippen LogP contribution in [0.1, 0.15) is 18.9 Å². The highest BCUT2D eigenvalue weighted by atomic mass is 32.2. The van der Waals surface area contributed by atoms with Crippen LogP contribution in [0, 0.1) is 0 Å². The Bertz CT molecular complexity index is 836. The van der Waals surface area contributed by atoms with E-state index in [1.807, 2.05) is 18.2 Å². The molecule has 0 spiro atoms. The number of sulfonamides is 1. The van der Waals surface area contributed by atoms with Crippen LogP contribution in [-0.2, 0) is 21.2 Å². The molecule has 7 heteroatoms. The number of hydrogen-bond donors (Lipinski definition) is 1. The number of anilines is 1. The molecule has 0 aromatic heterocycles. The number of hydrogen-bond acceptors (Lipinski definition) is 4. The second kappa shape index (κ2) is 9.41. The van der Waals surface area contributed by atoms with Crippen molar-refractivity contribution in [3.63, 3.8) is 0 Å². The molecule has 0 unspecified atom stereocenters. The fraction of sp³-hybridized carbons (Fsp3) is 0.350. The highest BCUT2D eigenvalue weighted by Crippen LogP contribution is 2.21. The molecule has 1 amide bonds. The van der Waals surface area contributed by atoms with Crippen LogP contribution >= 0.6 is 0 Å². The number of carbonyl (C=O) groups excluding carboxylic acids is 1. The first kappa shape index (κ1) is 20.8. The SMILES string of the molecule is C[C@@H](Oc1ccc(N(C)S(C)(=O)=O)cc1)C(=O)NCCCc1ccccc1. The van der Waals surface area contributed by atoms with E-state index in [2.05, 4.69) is 17.4 Å². The van der Waals surface area contributed by atoms with Gasteiger partial charge in [-0.2, -0.15) is 0 Å². The summed E-state index contributed by atoms with van der Waals surface area (Å²) in [5.74, 6) is 0.327. The molecule has 1 atom stereocenters. The Balaban J connectivity index is 1.78. The molecule has 27 heavy (non-hydrogen) atoms. The van der Waals surface area contributed by atoms with Crippen molar-refractivity contribution in [3.8, 4) is 5.75 Å². The lowest BCUT2D eigenvalue weighted by Gasteiger charge is -2.18. The first-order chi connectivity index (χ1) is 12.8. The zero-order valence-electron chi connectivity index (χ0n) is 15.9. The van der Waals surface area contributed by atoms with Crippen LogP contribution < -0.4 is 14.4 Å². The van der Waals surface area contributed by atoms with Gasteiger partial charge in [-0.15, -0.1) is 0 Å².